The van der Waals surface area contributed by atoms with E-state index < -0.39 is 23.1 Å². The summed E-state index contributed by atoms with van der Waals surface area (Å²) in [5, 5.41) is 22.7. The van der Waals surface area contributed by atoms with Crippen molar-refractivity contribution in [2.75, 3.05) is 7.11 Å². The van der Waals surface area contributed by atoms with Crippen LogP contribution in [0.2, 0.25) is 0 Å². The van der Waals surface area contributed by atoms with Gasteiger partial charge in [-0.25, -0.2) is 0 Å². The molecule has 1 unspecified atom stereocenters. The van der Waals surface area contributed by atoms with Crippen LogP contribution in [0.5, 0.6) is 17.2 Å². The number of carbonyl (C=O) groups excluding carboxylic acids is 2. The lowest BCUT2D eigenvalue weighted by Gasteiger charge is -2.37. The highest BCUT2D eigenvalue weighted by Crippen LogP contribution is 2.41. The van der Waals surface area contributed by atoms with Gasteiger partial charge in [0.25, 0.3) is 6.16 Å². The molecule has 0 aliphatic rings. The number of carbonyl (C=O) groups is 2. The maximum Gasteiger partial charge on any atom is 0.259 e. The largest absolute Gasteiger partial charge is 0.497 e. The highest BCUT2D eigenvalue weighted by atomic mass is 16.7. The summed E-state index contributed by atoms with van der Waals surface area (Å²) in [7, 11) is 1.59. The smallest absolute Gasteiger partial charge is 0.259 e. The zero-order valence-corrected chi connectivity index (χ0v) is 19.5. The van der Waals surface area contributed by atoms with E-state index in [2.05, 4.69) is 4.74 Å². The third kappa shape index (κ3) is 5.74. The van der Waals surface area contributed by atoms with Crippen molar-refractivity contribution in [2.45, 2.75) is 32.8 Å². The molecular formula is C27H27O7-. The van der Waals surface area contributed by atoms with Crippen LogP contribution in [0.25, 0.3) is 0 Å². The summed E-state index contributed by atoms with van der Waals surface area (Å²) in [6, 6.07) is 21.2. The highest BCUT2D eigenvalue weighted by Gasteiger charge is 2.41. The Bertz CT molecular complexity index is 1130. The van der Waals surface area contributed by atoms with Crippen LogP contribution in [0.1, 0.15) is 37.0 Å². The maximum absolute atomic E-state index is 12.4. The molecule has 0 saturated heterocycles. The van der Waals surface area contributed by atoms with Crippen molar-refractivity contribution in [3.05, 3.63) is 89.5 Å². The number of hydrogen-bond donors (Lipinski definition) is 1. The van der Waals surface area contributed by atoms with Crippen molar-refractivity contribution < 1.29 is 34.0 Å². The fourth-order valence-corrected chi connectivity index (χ4v) is 3.70. The molecule has 7 nitrogen and oxygen atoms in total. The molecule has 178 valence electrons. The number of esters is 1. The molecule has 0 bridgehead atoms. The quantitative estimate of drug-likeness (QED) is 0.391. The zero-order valence-electron chi connectivity index (χ0n) is 19.5. The molecule has 3 aromatic carbocycles. The second kappa shape index (κ2) is 9.97. The number of hydrogen-bond acceptors (Lipinski definition) is 7. The van der Waals surface area contributed by atoms with Gasteiger partial charge >= 0.3 is 0 Å². The van der Waals surface area contributed by atoms with E-state index in [9.17, 15) is 19.8 Å². The molecule has 0 fully saturated rings. The van der Waals surface area contributed by atoms with Gasteiger partial charge in [0.05, 0.1) is 7.11 Å². The summed E-state index contributed by atoms with van der Waals surface area (Å²) in [6.07, 6.45) is -2.06. The first kappa shape index (κ1) is 24.8. The van der Waals surface area contributed by atoms with E-state index in [0.29, 0.717) is 28.4 Å². The van der Waals surface area contributed by atoms with Crippen LogP contribution >= 0.6 is 0 Å². The van der Waals surface area contributed by atoms with E-state index in [0.717, 1.165) is 5.56 Å². The predicted octanol–water partition coefficient (Wildman–Crippen LogP) is 4.33. The zero-order chi connectivity index (χ0) is 24.9. The molecule has 1 N–H and O–H groups in total. The summed E-state index contributed by atoms with van der Waals surface area (Å²) in [5.74, 6) is 0.882. The van der Waals surface area contributed by atoms with E-state index in [-0.39, 0.29) is 6.42 Å². The molecule has 0 aromatic heterocycles. The van der Waals surface area contributed by atoms with E-state index in [1.807, 2.05) is 19.1 Å². The second-order valence-corrected chi connectivity index (χ2v) is 8.73. The van der Waals surface area contributed by atoms with Gasteiger partial charge in [-0.1, -0.05) is 55.8 Å². The third-order valence-electron chi connectivity index (χ3n) is 5.58. The van der Waals surface area contributed by atoms with E-state index >= 15 is 0 Å². The molecule has 0 heterocycles. The van der Waals surface area contributed by atoms with Crippen LogP contribution in [0.4, 0.5) is 4.79 Å². The molecular weight excluding hydrogens is 436 g/mol. The van der Waals surface area contributed by atoms with Gasteiger partial charge in [-0.15, -0.1) is 0 Å². The van der Waals surface area contributed by atoms with Crippen molar-refractivity contribution >= 4 is 12.1 Å². The lowest BCUT2D eigenvalue weighted by atomic mass is 9.73. The minimum Gasteiger partial charge on any atom is -0.497 e. The number of methoxy groups -OCH3 is 1. The Morgan fingerprint density at radius 3 is 1.74 bits per heavy atom. The highest BCUT2D eigenvalue weighted by molar-refractivity contribution is 5.84. The van der Waals surface area contributed by atoms with Crippen molar-refractivity contribution in [3.8, 4) is 17.2 Å². The summed E-state index contributed by atoms with van der Waals surface area (Å²) in [4.78, 5) is 23.2. The van der Waals surface area contributed by atoms with Crippen LogP contribution in [0.3, 0.4) is 0 Å². The molecule has 0 radical (unpaired) electrons. The number of aliphatic hydroxyl groups is 1. The summed E-state index contributed by atoms with van der Waals surface area (Å²) in [6.45, 7) is 4.95. The number of benzene rings is 3. The minimum absolute atomic E-state index is 0.131. The number of aryl methyl sites for hydroxylation is 1. The van der Waals surface area contributed by atoms with Gasteiger partial charge in [0, 0.05) is 5.41 Å². The Hall–Kier alpha value is -3.84. The summed E-state index contributed by atoms with van der Waals surface area (Å²) >= 11 is 0. The van der Waals surface area contributed by atoms with Gasteiger partial charge in [0.1, 0.15) is 22.8 Å². The standard InChI is InChI=1S/C27H28O7/c1-18-5-7-19(8-6-18)27(31,17-26(2,3)24(28)34-25(29)30)20-9-11-22(12-10-20)33-23-15-13-21(32-4)14-16-23/h5-16,31H,17H2,1-4H3,(H,29,30)/p-1. The molecule has 3 aromatic rings. The minimum atomic E-state index is -1.93. The van der Waals surface area contributed by atoms with E-state index in [1.54, 1.807) is 67.8 Å². The Kier molecular flexibility index (Phi) is 7.27. The lowest BCUT2D eigenvalue weighted by Crippen LogP contribution is -2.40. The predicted molar refractivity (Wildman–Crippen MR) is 124 cm³/mol. The molecule has 0 spiro atoms. The number of ether oxygens (including phenoxy) is 3. The number of rotatable bonds is 8. The van der Waals surface area contributed by atoms with Gasteiger partial charge in [0.15, 0.2) is 0 Å². The fraction of sp³-hybridized carbons (Fsp3) is 0.259. The van der Waals surface area contributed by atoms with Crippen LogP contribution in [0.15, 0.2) is 72.8 Å². The summed E-state index contributed by atoms with van der Waals surface area (Å²) < 4.78 is 15.3. The van der Waals surface area contributed by atoms with Crippen molar-refractivity contribution in [2.24, 2.45) is 5.41 Å². The lowest BCUT2D eigenvalue weighted by molar-refractivity contribution is -0.280. The molecule has 34 heavy (non-hydrogen) atoms. The fourth-order valence-electron chi connectivity index (χ4n) is 3.70. The first-order valence-electron chi connectivity index (χ1n) is 10.7. The van der Waals surface area contributed by atoms with Crippen molar-refractivity contribution in [3.63, 3.8) is 0 Å². The van der Waals surface area contributed by atoms with E-state index in [1.165, 1.54) is 13.8 Å². The number of carboxylic acid groups (broad SMARTS) is 1. The van der Waals surface area contributed by atoms with Crippen LogP contribution < -0.4 is 14.6 Å². The molecule has 7 heteroatoms. The Labute approximate surface area is 198 Å². The van der Waals surface area contributed by atoms with Gasteiger partial charge in [-0.05, 0) is 60.9 Å². The Morgan fingerprint density at radius 2 is 1.26 bits per heavy atom. The summed E-state index contributed by atoms with van der Waals surface area (Å²) in [5.41, 5.74) is -0.882. The first-order chi connectivity index (χ1) is 16.0. The Morgan fingerprint density at radius 1 is 0.824 bits per heavy atom. The molecule has 0 aliphatic carbocycles. The van der Waals surface area contributed by atoms with Crippen molar-refractivity contribution in [1.82, 2.24) is 0 Å². The Balaban J connectivity index is 1.93. The topological polar surface area (TPSA) is 105 Å². The average molecular weight is 464 g/mol. The van der Waals surface area contributed by atoms with Gasteiger partial charge in [0.2, 0.25) is 5.97 Å². The molecule has 0 amide bonds. The van der Waals surface area contributed by atoms with Gasteiger partial charge in [-0.3, -0.25) is 4.79 Å². The maximum atomic E-state index is 12.4. The van der Waals surface area contributed by atoms with E-state index in [4.69, 9.17) is 9.47 Å². The average Bonchev–Trinajstić information content (AvgIpc) is 2.79. The van der Waals surface area contributed by atoms with Crippen LogP contribution in [0, 0.1) is 12.3 Å². The first-order valence-corrected chi connectivity index (χ1v) is 10.7. The normalized spacial score (nSPS) is 13.0. The molecule has 0 saturated carbocycles. The van der Waals surface area contributed by atoms with Gasteiger partial charge in [-0.2, -0.15) is 0 Å². The van der Waals surface area contributed by atoms with Crippen LogP contribution in [-0.2, 0) is 15.1 Å². The SMILES string of the molecule is COc1ccc(Oc2ccc(C(O)(CC(C)(C)C(=O)OC(=O)[O-])c3ccc(C)cc3)cc2)cc1. The monoisotopic (exact) mass is 463 g/mol. The van der Waals surface area contributed by atoms with Crippen molar-refractivity contribution in [1.29, 1.82) is 0 Å². The third-order valence-corrected chi connectivity index (χ3v) is 5.58. The van der Waals surface area contributed by atoms with Crippen LogP contribution in [-0.4, -0.2) is 24.3 Å². The molecule has 1 atom stereocenters. The molecule has 3 rings (SSSR count). The van der Waals surface area contributed by atoms with Gasteiger partial charge < -0.3 is 29.2 Å². The molecule has 0 aliphatic heterocycles. The second-order valence-electron chi connectivity index (χ2n) is 8.73.